The van der Waals surface area contributed by atoms with Gasteiger partial charge in [0, 0.05) is 26.7 Å². The quantitative estimate of drug-likeness (QED) is 0.287. The number of nitrogens with one attached hydrogen (secondary N) is 2. The van der Waals surface area contributed by atoms with Crippen LogP contribution in [0.15, 0.2) is 11.3 Å². The van der Waals surface area contributed by atoms with Gasteiger partial charge in [0.15, 0.2) is 5.96 Å². The van der Waals surface area contributed by atoms with E-state index in [9.17, 15) is 0 Å². The molecule has 2 rings (SSSR count). The van der Waals surface area contributed by atoms with Gasteiger partial charge in [0.1, 0.15) is 12.2 Å². The highest BCUT2D eigenvalue weighted by Crippen LogP contribution is 2.21. The Hall–Kier alpha value is -0.900. The first-order chi connectivity index (χ1) is 11.2. The van der Waals surface area contributed by atoms with Gasteiger partial charge in [-0.05, 0) is 32.9 Å². The molecule has 0 radical (unpaired) electrons. The molecular weight excluding hydrogens is 417 g/mol. The van der Waals surface area contributed by atoms with Crippen molar-refractivity contribution in [3.8, 4) is 0 Å². The Kier molecular flexibility index (Phi) is 10.2. The van der Waals surface area contributed by atoms with E-state index in [4.69, 9.17) is 0 Å². The Balaban J connectivity index is 0.00000288. The van der Waals surface area contributed by atoms with Crippen LogP contribution in [0.3, 0.4) is 0 Å². The van der Waals surface area contributed by atoms with Gasteiger partial charge in [-0.25, -0.2) is 4.98 Å². The maximum absolute atomic E-state index is 4.25. The number of aromatic nitrogens is 3. The van der Waals surface area contributed by atoms with Crippen LogP contribution >= 0.6 is 24.0 Å². The molecule has 0 aromatic carbocycles. The van der Waals surface area contributed by atoms with E-state index in [-0.39, 0.29) is 24.0 Å². The molecule has 0 unspecified atom stereocenters. The van der Waals surface area contributed by atoms with E-state index in [0.717, 1.165) is 37.3 Å². The Morgan fingerprint density at radius 1 is 1.33 bits per heavy atom. The Bertz CT molecular complexity index is 483. The van der Waals surface area contributed by atoms with Crippen molar-refractivity contribution in [3.05, 3.63) is 12.2 Å². The molecule has 24 heavy (non-hydrogen) atoms. The van der Waals surface area contributed by atoms with Gasteiger partial charge >= 0.3 is 0 Å². The second kappa shape index (κ2) is 11.6. The molecule has 0 amide bonds. The summed E-state index contributed by atoms with van der Waals surface area (Å²) in [4.78, 5) is 11.0. The number of hydrogen-bond acceptors (Lipinski definition) is 4. The minimum atomic E-state index is 0. The minimum Gasteiger partial charge on any atom is -0.356 e. The zero-order valence-electron chi connectivity index (χ0n) is 15.2. The van der Waals surface area contributed by atoms with Crippen molar-refractivity contribution in [2.45, 2.75) is 51.1 Å². The highest BCUT2D eigenvalue weighted by atomic mass is 127. The molecule has 2 N–H and O–H groups in total. The fourth-order valence-electron chi connectivity index (χ4n) is 3.10. The standard InChI is InChI=1S/C16H31N7.HI/c1-17-16(19-12-15-20-13-21-23(15)3)18-10-7-11-22(2)14-8-5-4-6-9-14;/h13-14H,4-12H2,1-3H3,(H2,17,18,19);1H. The lowest BCUT2D eigenvalue weighted by molar-refractivity contribution is 0.190. The molecule has 1 aromatic heterocycles. The van der Waals surface area contributed by atoms with Crippen molar-refractivity contribution in [1.29, 1.82) is 0 Å². The maximum atomic E-state index is 4.25. The fraction of sp³-hybridized carbons (Fsp3) is 0.812. The van der Waals surface area contributed by atoms with Gasteiger partial charge in [0.2, 0.25) is 0 Å². The second-order valence-corrected chi connectivity index (χ2v) is 6.28. The number of hydrogen-bond donors (Lipinski definition) is 2. The van der Waals surface area contributed by atoms with Crippen molar-refractivity contribution >= 4 is 29.9 Å². The molecule has 7 nitrogen and oxygen atoms in total. The zero-order valence-corrected chi connectivity index (χ0v) is 17.5. The third-order valence-electron chi connectivity index (χ3n) is 4.62. The van der Waals surface area contributed by atoms with Gasteiger partial charge in [-0.15, -0.1) is 24.0 Å². The summed E-state index contributed by atoms with van der Waals surface area (Å²) < 4.78 is 1.76. The molecule has 1 heterocycles. The summed E-state index contributed by atoms with van der Waals surface area (Å²) in [5, 5.41) is 10.7. The Morgan fingerprint density at radius 2 is 2.08 bits per heavy atom. The fourth-order valence-corrected chi connectivity index (χ4v) is 3.10. The van der Waals surface area contributed by atoms with Crippen LogP contribution in [-0.4, -0.2) is 58.9 Å². The van der Waals surface area contributed by atoms with E-state index in [2.05, 4.69) is 37.7 Å². The first-order valence-corrected chi connectivity index (χ1v) is 8.68. The van der Waals surface area contributed by atoms with Crippen molar-refractivity contribution < 1.29 is 0 Å². The predicted octanol–water partition coefficient (Wildman–Crippen LogP) is 1.75. The van der Waals surface area contributed by atoms with E-state index in [0.29, 0.717) is 6.54 Å². The van der Waals surface area contributed by atoms with Crippen LogP contribution in [0.2, 0.25) is 0 Å². The topological polar surface area (TPSA) is 70.4 Å². The average Bonchev–Trinajstić information content (AvgIpc) is 3.00. The smallest absolute Gasteiger partial charge is 0.191 e. The van der Waals surface area contributed by atoms with E-state index >= 15 is 0 Å². The predicted molar refractivity (Wildman–Crippen MR) is 109 cm³/mol. The number of nitrogens with zero attached hydrogens (tertiary/aromatic N) is 5. The van der Waals surface area contributed by atoms with Gasteiger partial charge in [-0.2, -0.15) is 5.10 Å². The van der Waals surface area contributed by atoms with Crippen LogP contribution in [0, 0.1) is 0 Å². The summed E-state index contributed by atoms with van der Waals surface area (Å²) in [6.07, 6.45) is 9.62. The molecule has 1 aliphatic carbocycles. The van der Waals surface area contributed by atoms with Crippen LogP contribution < -0.4 is 10.6 Å². The SMILES string of the molecule is CN=C(NCCCN(C)C1CCCCC1)NCc1ncnn1C.I. The van der Waals surface area contributed by atoms with Crippen LogP contribution in [0.25, 0.3) is 0 Å². The van der Waals surface area contributed by atoms with E-state index < -0.39 is 0 Å². The molecule has 0 aliphatic heterocycles. The van der Waals surface area contributed by atoms with Gasteiger partial charge in [0.25, 0.3) is 0 Å². The number of aliphatic imine (C=N–C) groups is 1. The van der Waals surface area contributed by atoms with Gasteiger partial charge in [-0.1, -0.05) is 19.3 Å². The summed E-state index contributed by atoms with van der Waals surface area (Å²) in [7, 11) is 5.94. The van der Waals surface area contributed by atoms with Crippen LogP contribution in [0.4, 0.5) is 0 Å². The van der Waals surface area contributed by atoms with Crippen molar-refractivity contribution in [1.82, 2.24) is 30.3 Å². The first-order valence-electron chi connectivity index (χ1n) is 8.68. The Morgan fingerprint density at radius 3 is 2.71 bits per heavy atom. The summed E-state index contributed by atoms with van der Waals surface area (Å²) in [6.45, 7) is 2.69. The number of halogens is 1. The lowest BCUT2D eigenvalue weighted by Gasteiger charge is -2.31. The lowest BCUT2D eigenvalue weighted by atomic mass is 9.94. The van der Waals surface area contributed by atoms with Crippen molar-refractivity contribution in [2.75, 3.05) is 27.2 Å². The third-order valence-corrected chi connectivity index (χ3v) is 4.62. The van der Waals surface area contributed by atoms with E-state index in [1.807, 2.05) is 7.05 Å². The lowest BCUT2D eigenvalue weighted by Crippen LogP contribution is -2.39. The normalized spacial score (nSPS) is 16.1. The average molecular weight is 449 g/mol. The molecule has 1 saturated carbocycles. The highest BCUT2D eigenvalue weighted by Gasteiger charge is 2.17. The second-order valence-electron chi connectivity index (χ2n) is 6.28. The minimum absolute atomic E-state index is 0. The monoisotopic (exact) mass is 449 g/mol. The molecule has 138 valence electrons. The zero-order chi connectivity index (χ0) is 16.5. The maximum Gasteiger partial charge on any atom is 0.191 e. The van der Waals surface area contributed by atoms with Gasteiger partial charge in [0.05, 0.1) is 6.54 Å². The summed E-state index contributed by atoms with van der Waals surface area (Å²) >= 11 is 0. The summed E-state index contributed by atoms with van der Waals surface area (Å²) in [5.74, 6) is 1.71. The molecule has 0 saturated heterocycles. The van der Waals surface area contributed by atoms with E-state index in [1.54, 1.807) is 18.1 Å². The molecule has 1 aromatic rings. The van der Waals surface area contributed by atoms with E-state index in [1.165, 1.54) is 32.1 Å². The third kappa shape index (κ3) is 6.92. The van der Waals surface area contributed by atoms with Crippen LogP contribution in [0.5, 0.6) is 0 Å². The summed E-state index contributed by atoms with van der Waals surface area (Å²) in [6, 6.07) is 0.789. The molecule has 1 fully saturated rings. The number of guanidine groups is 1. The molecule has 1 aliphatic rings. The molecule has 0 bridgehead atoms. The van der Waals surface area contributed by atoms with Crippen molar-refractivity contribution in [2.24, 2.45) is 12.0 Å². The largest absolute Gasteiger partial charge is 0.356 e. The highest BCUT2D eigenvalue weighted by molar-refractivity contribution is 14.0. The first kappa shape index (κ1) is 21.1. The molecule has 0 spiro atoms. The van der Waals surface area contributed by atoms with Crippen LogP contribution in [0.1, 0.15) is 44.3 Å². The van der Waals surface area contributed by atoms with Crippen LogP contribution in [-0.2, 0) is 13.6 Å². The number of rotatable bonds is 7. The Labute approximate surface area is 162 Å². The molecular formula is C16H32IN7. The van der Waals surface area contributed by atoms with Gasteiger partial charge in [-0.3, -0.25) is 9.67 Å². The molecule has 0 atom stereocenters. The molecule has 8 heteroatoms. The van der Waals surface area contributed by atoms with Gasteiger partial charge < -0.3 is 15.5 Å². The summed E-state index contributed by atoms with van der Waals surface area (Å²) in [5.41, 5.74) is 0. The number of aryl methyl sites for hydroxylation is 1. The van der Waals surface area contributed by atoms with Crippen molar-refractivity contribution in [3.63, 3.8) is 0 Å².